The van der Waals surface area contributed by atoms with Crippen molar-refractivity contribution in [3.63, 3.8) is 0 Å². The molecule has 32 heavy (non-hydrogen) atoms. The minimum atomic E-state index is -0.412. The van der Waals surface area contributed by atoms with E-state index < -0.39 is 5.91 Å². The van der Waals surface area contributed by atoms with Gasteiger partial charge in [0.2, 0.25) is 0 Å². The van der Waals surface area contributed by atoms with E-state index in [-0.39, 0.29) is 11.2 Å². The summed E-state index contributed by atoms with van der Waals surface area (Å²) in [5.74, 6) is -0.140. The molecule has 0 unspecified atom stereocenters. The molecule has 6 nitrogen and oxygen atoms in total. The van der Waals surface area contributed by atoms with Crippen molar-refractivity contribution in [3.05, 3.63) is 46.3 Å². The van der Waals surface area contributed by atoms with Crippen LogP contribution in [0.1, 0.15) is 83.6 Å². The monoisotopic (exact) mass is 434 g/mol. The number of carbonyl (C=O) groups is 2. The van der Waals surface area contributed by atoms with Crippen molar-refractivity contribution >= 4 is 17.4 Å². The van der Waals surface area contributed by atoms with Crippen LogP contribution in [-0.4, -0.2) is 40.8 Å². The maximum Gasteiger partial charge on any atom is 0.250 e. The average Bonchev–Trinajstić information content (AvgIpc) is 3.32. The molecule has 5 rings (SSSR count). The van der Waals surface area contributed by atoms with E-state index in [1.54, 1.807) is 0 Å². The van der Waals surface area contributed by atoms with Gasteiger partial charge in [-0.15, -0.1) is 0 Å². The summed E-state index contributed by atoms with van der Waals surface area (Å²) < 4.78 is 2.31. The van der Waals surface area contributed by atoms with Gasteiger partial charge in [0.15, 0.2) is 5.78 Å². The van der Waals surface area contributed by atoms with Crippen molar-refractivity contribution in [3.8, 4) is 5.69 Å². The summed E-state index contributed by atoms with van der Waals surface area (Å²) in [5, 5.41) is 3.60. The first kappa shape index (κ1) is 21.3. The van der Waals surface area contributed by atoms with Gasteiger partial charge >= 0.3 is 0 Å². The fourth-order valence-corrected chi connectivity index (χ4v) is 5.94. The molecule has 1 saturated carbocycles. The zero-order chi connectivity index (χ0) is 22.6. The van der Waals surface area contributed by atoms with E-state index in [0.29, 0.717) is 18.0 Å². The number of primary amides is 1. The molecule has 0 atom stereocenters. The number of nitrogens with one attached hydrogen (secondary N) is 1. The Morgan fingerprint density at radius 2 is 1.91 bits per heavy atom. The van der Waals surface area contributed by atoms with Crippen LogP contribution in [0.4, 0.5) is 5.69 Å². The number of carbonyl (C=O) groups excluding carboxylic acids is 2. The molecule has 2 aromatic rings. The van der Waals surface area contributed by atoms with Gasteiger partial charge in [0, 0.05) is 53.9 Å². The predicted octanol–water partition coefficient (Wildman–Crippen LogP) is 4.07. The van der Waals surface area contributed by atoms with Gasteiger partial charge in [-0.3, -0.25) is 9.59 Å². The van der Waals surface area contributed by atoms with E-state index in [1.807, 2.05) is 12.1 Å². The highest BCUT2D eigenvalue weighted by Gasteiger charge is 2.38. The van der Waals surface area contributed by atoms with Crippen molar-refractivity contribution in [2.45, 2.75) is 71.4 Å². The van der Waals surface area contributed by atoms with Gasteiger partial charge < -0.3 is 20.5 Å². The molecule has 6 heteroatoms. The number of benzene rings is 1. The molecule has 0 saturated heterocycles. The standard InChI is InChI=1S/C26H34N4O2/c1-26(2)13-21-24(23(31)14-26)19-10-11-29(3)15-22(19)30(21)17-8-9-18(25(27)32)20(12-17)28-16-6-4-5-7-16/h8-9,12,16,28H,4-7,10-11,13-15H2,1-3H3,(H2,27,32). The summed E-state index contributed by atoms with van der Waals surface area (Å²) in [6.45, 7) is 6.15. The number of anilines is 1. The van der Waals surface area contributed by atoms with Crippen LogP contribution in [0.3, 0.4) is 0 Å². The van der Waals surface area contributed by atoms with E-state index in [1.165, 1.54) is 24.1 Å². The highest BCUT2D eigenvalue weighted by molar-refractivity contribution is 6.01. The first-order valence-corrected chi connectivity index (χ1v) is 11.9. The van der Waals surface area contributed by atoms with Crippen LogP contribution >= 0.6 is 0 Å². The third-order valence-corrected chi connectivity index (χ3v) is 7.45. The number of hydrogen-bond acceptors (Lipinski definition) is 4. The molecule has 2 aliphatic carbocycles. The highest BCUT2D eigenvalue weighted by atomic mass is 16.1. The Labute approximate surface area is 190 Å². The Kier molecular flexibility index (Phi) is 5.16. The van der Waals surface area contributed by atoms with Crippen LogP contribution in [0.2, 0.25) is 0 Å². The molecule has 1 aromatic carbocycles. The van der Waals surface area contributed by atoms with Crippen molar-refractivity contribution < 1.29 is 9.59 Å². The molecule has 1 aliphatic heterocycles. The van der Waals surface area contributed by atoms with E-state index >= 15 is 0 Å². The molecular formula is C26H34N4O2. The van der Waals surface area contributed by atoms with Crippen molar-refractivity contribution in [1.29, 1.82) is 0 Å². The van der Waals surface area contributed by atoms with Crippen LogP contribution in [0, 0.1) is 5.41 Å². The summed E-state index contributed by atoms with van der Waals surface area (Å²) in [7, 11) is 2.13. The van der Waals surface area contributed by atoms with Crippen molar-refractivity contribution in [2.75, 3.05) is 18.9 Å². The Bertz CT molecular complexity index is 1090. The summed E-state index contributed by atoms with van der Waals surface area (Å²) in [5.41, 5.74) is 12.5. The molecule has 0 radical (unpaired) electrons. The number of ketones is 1. The zero-order valence-electron chi connectivity index (χ0n) is 19.5. The second-order valence-corrected chi connectivity index (χ2v) is 10.7. The summed E-state index contributed by atoms with van der Waals surface area (Å²) >= 11 is 0. The summed E-state index contributed by atoms with van der Waals surface area (Å²) in [6.07, 6.45) is 7.03. The minimum Gasteiger partial charge on any atom is -0.382 e. The number of nitrogens with zero attached hydrogens (tertiary/aromatic N) is 2. The minimum absolute atomic E-state index is 0.0627. The van der Waals surface area contributed by atoms with Gasteiger partial charge in [-0.2, -0.15) is 0 Å². The lowest BCUT2D eigenvalue weighted by atomic mass is 9.75. The molecule has 0 bridgehead atoms. The summed E-state index contributed by atoms with van der Waals surface area (Å²) in [4.78, 5) is 27.7. The average molecular weight is 435 g/mol. The molecule has 3 aliphatic rings. The Morgan fingerprint density at radius 1 is 1.16 bits per heavy atom. The molecule has 1 amide bonds. The third-order valence-electron chi connectivity index (χ3n) is 7.45. The quantitative estimate of drug-likeness (QED) is 0.760. The van der Waals surface area contributed by atoms with Crippen LogP contribution in [-0.2, 0) is 19.4 Å². The summed E-state index contributed by atoms with van der Waals surface area (Å²) in [6, 6.07) is 6.28. The number of hydrogen-bond donors (Lipinski definition) is 2. The van der Waals surface area contributed by atoms with E-state index in [4.69, 9.17) is 5.73 Å². The van der Waals surface area contributed by atoms with Gasteiger partial charge in [0.25, 0.3) is 5.91 Å². The van der Waals surface area contributed by atoms with Crippen LogP contribution in [0.15, 0.2) is 18.2 Å². The van der Waals surface area contributed by atoms with E-state index in [9.17, 15) is 9.59 Å². The topological polar surface area (TPSA) is 80.4 Å². The molecular weight excluding hydrogens is 400 g/mol. The Hall–Kier alpha value is -2.60. The van der Waals surface area contributed by atoms with Gasteiger partial charge in [-0.05, 0) is 61.9 Å². The normalized spacial score (nSPS) is 20.8. The number of Topliss-reactive ketones (excluding diaryl/α,β-unsaturated/α-hetero) is 1. The lowest BCUT2D eigenvalue weighted by Gasteiger charge is -2.30. The first-order chi connectivity index (χ1) is 15.2. The predicted molar refractivity (Wildman–Crippen MR) is 127 cm³/mol. The number of fused-ring (bicyclic) bond motifs is 3. The lowest BCUT2D eigenvalue weighted by Crippen LogP contribution is -2.29. The number of likely N-dealkylation sites (N-methyl/N-ethyl adjacent to an activating group) is 1. The van der Waals surface area contributed by atoms with E-state index in [0.717, 1.165) is 61.4 Å². The van der Waals surface area contributed by atoms with Gasteiger partial charge in [-0.1, -0.05) is 26.7 Å². The number of aromatic nitrogens is 1. The molecule has 2 heterocycles. The van der Waals surface area contributed by atoms with Gasteiger partial charge in [0.05, 0.1) is 5.56 Å². The SMILES string of the molecule is CN1CCc2c3c(n(-c4ccc(C(N)=O)c(NC5CCCC5)c4)c2C1)CC(C)(C)CC3=O. The van der Waals surface area contributed by atoms with Crippen LogP contribution in [0.5, 0.6) is 0 Å². The first-order valence-electron chi connectivity index (χ1n) is 11.9. The maximum absolute atomic E-state index is 13.2. The van der Waals surface area contributed by atoms with Gasteiger partial charge in [-0.25, -0.2) is 0 Å². The smallest absolute Gasteiger partial charge is 0.250 e. The van der Waals surface area contributed by atoms with Crippen molar-refractivity contribution in [1.82, 2.24) is 9.47 Å². The molecule has 1 fully saturated rings. The Balaban J connectivity index is 1.67. The van der Waals surface area contributed by atoms with Crippen LogP contribution in [0.25, 0.3) is 5.69 Å². The zero-order valence-corrected chi connectivity index (χ0v) is 19.5. The largest absolute Gasteiger partial charge is 0.382 e. The number of rotatable bonds is 4. The molecule has 0 spiro atoms. The highest BCUT2D eigenvalue weighted by Crippen LogP contribution is 2.42. The fourth-order valence-electron chi connectivity index (χ4n) is 5.94. The third kappa shape index (κ3) is 3.64. The number of amides is 1. The second kappa shape index (κ2) is 7.77. The molecule has 170 valence electrons. The van der Waals surface area contributed by atoms with Crippen LogP contribution < -0.4 is 11.1 Å². The van der Waals surface area contributed by atoms with Gasteiger partial charge in [0.1, 0.15) is 0 Å². The Morgan fingerprint density at radius 3 is 2.62 bits per heavy atom. The maximum atomic E-state index is 13.2. The number of nitrogens with two attached hydrogens (primary N) is 1. The lowest BCUT2D eigenvalue weighted by molar-refractivity contribution is 0.0909. The second-order valence-electron chi connectivity index (χ2n) is 10.7. The van der Waals surface area contributed by atoms with E-state index in [2.05, 4.69) is 41.7 Å². The molecule has 1 aromatic heterocycles. The fraction of sp³-hybridized carbons (Fsp3) is 0.538. The molecule has 3 N–H and O–H groups in total. The van der Waals surface area contributed by atoms with Crippen molar-refractivity contribution in [2.24, 2.45) is 11.1 Å².